The third kappa shape index (κ3) is 2.04. The van der Waals surface area contributed by atoms with Gasteiger partial charge >= 0.3 is 7.12 Å². The summed E-state index contributed by atoms with van der Waals surface area (Å²) in [5.74, 6) is 0. The fraction of sp³-hybridized carbons (Fsp3) is 0.500. The SMILES string of the molecule is CC1(C)OB(c2ccn3cc(CO)nc3c2)OC1(C)C. The van der Waals surface area contributed by atoms with Crippen LogP contribution in [0.25, 0.3) is 5.65 Å². The van der Waals surface area contributed by atoms with E-state index in [4.69, 9.17) is 14.4 Å². The first-order valence-corrected chi connectivity index (χ1v) is 6.76. The van der Waals surface area contributed by atoms with Gasteiger partial charge in [-0.2, -0.15) is 0 Å². The topological polar surface area (TPSA) is 56.0 Å². The predicted octanol–water partition coefficient (Wildman–Crippen LogP) is 1.13. The smallest absolute Gasteiger partial charge is 0.399 e. The van der Waals surface area contributed by atoms with E-state index in [0.717, 1.165) is 11.1 Å². The van der Waals surface area contributed by atoms with Crippen LogP contribution in [0, 0.1) is 0 Å². The van der Waals surface area contributed by atoms with Crippen molar-refractivity contribution < 1.29 is 14.4 Å². The van der Waals surface area contributed by atoms with Gasteiger partial charge in [0.1, 0.15) is 5.65 Å². The van der Waals surface area contributed by atoms with Gasteiger partial charge in [0.05, 0.1) is 23.5 Å². The number of rotatable bonds is 2. The standard InChI is InChI=1S/C14H19BN2O3/c1-13(2)14(3,4)20-15(19-13)10-5-6-17-8-11(9-18)16-12(17)7-10/h5-8,18H,9H2,1-4H3. The maximum absolute atomic E-state index is 9.13. The Hall–Kier alpha value is -1.37. The summed E-state index contributed by atoms with van der Waals surface area (Å²) in [6.45, 7) is 8.07. The van der Waals surface area contributed by atoms with Crippen molar-refractivity contribution in [3.05, 3.63) is 30.2 Å². The molecular weight excluding hydrogens is 255 g/mol. The van der Waals surface area contributed by atoms with Gasteiger partial charge in [0.25, 0.3) is 0 Å². The van der Waals surface area contributed by atoms with E-state index in [-0.39, 0.29) is 24.9 Å². The molecule has 3 rings (SSSR count). The van der Waals surface area contributed by atoms with E-state index < -0.39 is 0 Å². The Morgan fingerprint density at radius 1 is 1.25 bits per heavy atom. The lowest BCUT2D eigenvalue weighted by atomic mass is 9.80. The van der Waals surface area contributed by atoms with Crippen LogP contribution in [0.3, 0.4) is 0 Å². The lowest BCUT2D eigenvalue weighted by Crippen LogP contribution is -2.41. The molecule has 1 saturated heterocycles. The molecule has 0 unspecified atom stereocenters. The van der Waals surface area contributed by atoms with E-state index >= 15 is 0 Å². The number of pyridine rings is 1. The van der Waals surface area contributed by atoms with E-state index in [1.165, 1.54) is 0 Å². The molecular formula is C14H19BN2O3. The van der Waals surface area contributed by atoms with Gasteiger partial charge < -0.3 is 18.8 Å². The van der Waals surface area contributed by atoms with Crippen LogP contribution in [0.1, 0.15) is 33.4 Å². The molecule has 5 nitrogen and oxygen atoms in total. The molecule has 0 radical (unpaired) electrons. The highest BCUT2D eigenvalue weighted by Gasteiger charge is 2.51. The number of aliphatic hydroxyl groups is 1. The number of nitrogens with zero attached hydrogens (tertiary/aromatic N) is 2. The van der Waals surface area contributed by atoms with Gasteiger partial charge in [-0.3, -0.25) is 0 Å². The molecule has 1 fully saturated rings. The summed E-state index contributed by atoms with van der Waals surface area (Å²) in [4.78, 5) is 4.34. The number of hydrogen-bond acceptors (Lipinski definition) is 4. The molecule has 0 amide bonds. The molecule has 3 heterocycles. The Bertz CT molecular complexity index is 635. The average molecular weight is 274 g/mol. The minimum absolute atomic E-state index is 0.0620. The van der Waals surface area contributed by atoms with Crippen LogP contribution in [-0.2, 0) is 15.9 Å². The van der Waals surface area contributed by atoms with E-state index in [2.05, 4.69) is 4.98 Å². The maximum Gasteiger partial charge on any atom is 0.495 e. The first kappa shape index (κ1) is 13.6. The van der Waals surface area contributed by atoms with Gasteiger partial charge in [-0.05, 0) is 45.3 Å². The Balaban J connectivity index is 1.95. The number of aromatic nitrogens is 2. The highest BCUT2D eigenvalue weighted by molar-refractivity contribution is 6.62. The summed E-state index contributed by atoms with van der Waals surface area (Å²) in [7, 11) is -0.390. The van der Waals surface area contributed by atoms with Crippen LogP contribution in [0.4, 0.5) is 0 Å². The molecule has 6 heteroatoms. The minimum atomic E-state index is -0.390. The highest BCUT2D eigenvalue weighted by atomic mass is 16.7. The van der Waals surface area contributed by atoms with Crippen molar-refractivity contribution >= 4 is 18.2 Å². The fourth-order valence-corrected chi connectivity index (χ4v) is 2.25. The summed E-state index contributed by atoms with van der Waals surface area (Å²) in [5, 5.41) is 9.13. The van der Waals surface area contributed by atoms with Crippen LogP contribution in [0.15, 0.2) is 24.5 Å². The first-order valence-electron chi connectivity index (χ1n) is 6.76. The van der Waals surface area contributed by atoms with Crippen molar-refractivity contribution in [1.82, 2.24) is 9.38 Å². The van der Waals surface area contributed by atoms with Crippen molar-refractivity contribution in [3.8, 4) is 0 Å². The summed E-state index contributed by atoms with van der Waals surface area (Å²) in [5.41, 5.74) is 1.66. The average Bonchev–Trinajstić information content (AvgIpc) is 2.87. The third-order valence-corrected chi connectivity index (χ3v) is 4.22. The summed E-state index contributed by atoms with van der Waals surface area (Å²) in [6.07, 6.45) is 3.71. The molecule has 1 aliphatic rings. The molecule has 20 heavy (non-hydrogen) atoms. The predicted molar refractivity (Wildman–Crippen MR) is 76.8 cm³/mol. The third-order valence-electron chi connectivity index (χ3n) is 4.22. The second kappa shape index (κ2) is 4.31. The molecule has 0 aliphatic carbocycles. The molecule has 1 aliphatic heterocycles. The lowest BCUT2D eigenvalue weighted by Gasteiger charge is -2.32. The maximum atomic E-state index is 9.13. The van der Waals surface area contributed by atoms with Crippen molar-refractivity contribution in [3.63, 3.8) is 0 Å². The normalized spacial score (nSPS) is 20.8. The van der Waals surface area contributed by atoms with Crippen molar-refractivity contribution in [1.29, 1.82) is 0 Å². The summed E-state index contributed by atoms with van der Waals surface area (Å²) >= 11 is 0. The van der Waals surface area contributed by atoms with E-state index in [1.807, 2.05) is 56.6 Å². The van der Waals surface area contributed by atoms with Crippen LogP contribution >= 0.6 is 0 Å². The summed E-state index contributed by atoms with van der Waals surface area (Å²) in [6, 6.07) is 3.89. The van der Waals surface area contributed by atoms with Gasteiger partial charge in [-0.15, -0.1) is 0 Å². The molecule has 2 aromatic rings. The second-order valence-electron chi connectivity index (χ2n) is 6.20. The molecule has 1 N–H and O–H groups in total. The summed E-state index contributed by atoms with van der Waals surface area (Å²) < 4.78 is 13.9. The largest absolute Gasteiger partial charge is 0.495 e. The van der Waals surface area contributed by atoms with E-state index in [1.54, 1.807) is 0 Å². The number of aliphatic hydroxyl groups excluding tert-OH is 1. The Morgan fingerprint density at radius 2 is 1.90 bits per heavy atom. The van der Waals surface area contributed by atoms with Gasteiger partial charge in [0.2, 0.25) is 0 Å². The molecule has 0 saturated carbocycles. The zero-order valence-corrected chi connectivity index (χ0v) is 12.3. The van der Waals surface area contributed by atoms with Gasteiger partial charge in [0, 0.05) is 12.4 Å². The van der Waals surface area contributed by atoms with Crippen LogP contribution < -0.4 is 5.46 Å². The van der Waals surface area contributed by atoms with Crippen LogP contribution in [0.2, 0.25) is 0 Å². The van der Waals surface area contributed by atoms with Crippen molar-refractivity contribution in [2.75, 3.05) is 0 Å². The zero-order valence-electron chi connectivity index (χ0n) is 12.3. The zero-order chi connectivity index (χ0) is 14.5. The van der Waals surface area contributed by atoms with Crippen molar-refractivity contribution in [2.24, 2.45) is 0 Å². The van der Waals surface area contributed by atoms with E-state index in [9.17, 15) is 0 Å². The highest BCUT2D eigenvalue weighted by Crippen LogP contribution is 2.36. The van der Waals surface area contributed by atoms with E-state index in [0.29, 0.717) is 5.69 Å². The Morgan fingerprint density at radius 3 is 2.50 bits per heavy atom. The molecule has 2 aromatic heterocycles. The van der Waals surface area contributed by atoms with Gasteiger partial charge in [0.15, 0.2) is 0 Å². The molecule has 0 atom stereocenters. The Kier molecular flexibility index (Phi) is 2.94. The molecule has 106 valence electrons. The number of hydrogen-bond donors (Lipinski definition) is 1. The van der Waals surface area contributed by atoms with Crippen LogP contribution in [-0.4, -0.2) is 32.8 Å². The monoisotopic (exact) mass is 274 g/mol. The quantitative estimate of drug-likeness (QED) is 0.834. The second-order valence-corrected chi connectivity index (χ2v) is 6.20. The molecule has 0 bridgehead atoms. The van der Waals surface area contributed by atoms with Crippen LogP contribution in [0.5, 0.6) is 0 Å². The molecule has 0 spiro atoms. The number of imidazole rings is 1. The van der Waals surface area contributed by atoms with Crippen molar-refractivity contribution in [2.45, 2.75) is 45.5 Å². The lowest BCUT2D eigenvalue weighted by molar-refractivity contribution is 0.00578. The molecule has 0 aromatic carbocycles. The Labute approximate surface area is 118 Å². The first-order chi connectivity index (χ1) is 9.32. The van der Waals surface area contributed by atoms with Gasteiger partial charge in [-0.1, -0.05) is 0 Å². The number of fused-ring (bicyclic) bond motifs is 1. The van der Waals surface area contributed by atoms with Gasteiger partial charge in [-0.25, -0.2) is 4.98 Å². The fourth-order valence-electron chi connectivity index (χ4n) is 2.25. The minimum Gasteiger partial charge on any atom is -0.399 e.